The number of ether oxygens (including phenoxy) is 2. The molecule has 2 amide bonds. The molecule has 113 heavy (non-hydrogen) atoms. The molecule has 9 aromatic rings. The molecule has 36 heteroatoms. The van der Waals surface area contributed by atoms with Crippen LogP contribution in [0, 0.1) is 89.3 Å². The number of hydrogen-bond donors (Lipinski definition) is 5. The van der Waals surface area contributed by atoms with Crippen LogP contribution < -0.4 is 17.2 Å². The Hall–Kier alpha value is -10.8. The van der Waals surface area contributed by atoms with E-state index >= 15 is 0 Å². The zero-order valence-corrected chi connectivity index (χ0v) is 71.9. The lowest BCUT2D eigenvalue weighted by Gasteiger charge is -2.04. The summed E-state index contributed by atoms with van der Waals surface area (Å²) in [5.41, 5.74) is 24.9. The van der Waals surface area contributed by atoms with Gasteiger partial charge in [0.1, 0.15) is 23.5 Å². The largest absolute Gasteiger partial charge is 0.460 e. The van der Waals surface area contributed by atoms with Gasteiger partial charge in [0.2, 0.25) is 11.8 Å². The zero-order valence-electron chi connectivity index (χ0n) is 65.2. The third kappa shape index (κ3) is 38.8. The number of thiol groups is 1. The molecule has 2 heterocycles. The number of rotatable bonds is 15. The SMILES string of the molecule is C#CC(=O)OC(C)C.CS.CSc1cc(C)cc(C(N)=O)c1.Cc1cc(-c2ncn(/C=C\C(=O)OC(C)C)n2)cc(S(C)(=O)=O)c1.Cc1cc(-c2ncn[nH]2)cc(S(C)(=O)=O)c1.Cc1cc(C#N)cc(S(C)(=O)=O)c1.Cc1cc(C(N)=O)cc(S(C)(=O)=O)c1.Cc1cc(C(N)=S)cc(S(C)(=O)=O)c1.Cc1cc(F)cc(C#N)c1. The molecule has 0 spiro atoms. The standard InChI is InChI=1S/C16H19N3O4S.C10H11N3O2S.C9H11NO3S.C9H11NO2S2.C9H9NO2S.C9H11NOS.C8H6FN.C6H8O2.CH4S/c1-11(2)23-15(20)5-6-19-10-17-16(18-19)13-7-12(3)8-14(9-13)24(4,21)22;1-7-3-8(10-11-6-12-13-10)5-9(4-7)16(2,14)15;1-6-3-7(9(10)11)5-8(4-6)14(2,12)13;1-6-3-7(9(10)13)5-8(4-6)14(2,11)12;1-7-3-8(6-10)5-9(4-7)13(2,11)12;1-6-3-7(9(10)11)5-8(4-6)12-2;1-6-2-7(5-10)4-8(9)3-6;1-4-6(7)8-5(2)3;1-2/h5-11H,1-4H3;3-6H,1-2H3,(H,11,12,13);3-5H,1-2H3,(H2,10,11);3-5H,1-2H3,(H2,10,13);3-5H,1-2H3;3-5H,1-2H3,(H2,10,11);2-4H,1H3;1,5H,2-3H3;2H,1H3/b6-5-;;;;;;;;. The van der Waals surface area contributed by atoms with Gasteiger partial charge in [-0.15, -0.1) is 23.3 Å². The third-order valence-corrected chi connectivity index (χ3v) is 19.9. The molecule has 7 aromatic carbocycles. The number of carbonyl (C=O) groups is 4. The summed E-state index contributed by atoms with van der Waals surface area (Å²) in [6.45, 7) is 19.6. The molecular formula is C77H90FN11O16S8. The lowest BCUT2D eigenvalue weighted by molar-refractivity contribution is -0.141. The van der Waals surface area contributed by atoms with Crippen LogP contribution in [0.15, 0.2) is 175 Å². The number of primary amides is 2. The summed E-state index contributed by atoms with van der Waals surface area (Å²) in [5.74, 6) is 0.349. The minimum absolute atomic E-state index is 0.112. The second-order valence-electron chi connectivity index (χ2n) is 24.9. The summed E-state index contributed by atoms with van der Waals surface area (Å²) < 4.78 is 137. The van der Waals surface area contributed by atoms with Crippen molar-refractivity contribution < 1.29 is 75.1 Å². The summed E-state index contributed by atoms with van der Waals surface area (Å²) >= 11 is 9.92. The van der Waals surface area contributed by atoms with Crippen molar-refractivity contribution in [2.75, 3.05) is 43.8 Å². The number of terminal acetylenes is 1. The first-order valence-electron chi connectivity index (χ1n) is 32.7. The molecule has 0 atom stereocenters. The number of nitrogens with two attached hydrogens (primary N) is 3. The maximum absolute atomic E-state index is 12.5. The first kappa shape index (κ1) is 100. The topological polar surface area (TPSA) is 455 Å². The summed E-state index contributed by atoms with van der Waals surface area (Å²) in [4.78, 5) is 53.8. The van der Waals surface area contributed by atoms with E-state index in [2.05, 4.69) is 42.6 Å². The van der Waals surface area contributed by atoms with Gasteiger partial charge in [0.05, 0.1) is 60.0 Å². The average Bonchev–Trinajstić information content (AvgIpc) is 1.29. The van der Waals surface area contributed by atoms with Crippen LogP contribution in [0.25, 0.3) is 29.0 Å². The number of nitrogens with zero attached hydrogens (tertiary/aromatic N) is 7. The number of aromatic nitrogens is 6. The lowest BCUT2D eigenvalue weighted by atomic mass is 10.1. The van der Waals surface area contributed by atoms with Crippen molar-refractivity contribution in [3.8, 4) is 47.3 Å². The molecule has 0 saturated heterocycles. The van der Waals surface area contributed by atoms with Gasteiger partial charge < -0.3 is 26.7 Å². The van der Waals surface area contributed by atoms with Crippen LogP contribution in [0.4, 0.5) is 4.39 Å². The number of nitriles is 2. The number of benzene rings is 7. The molecule has 0 bridgehead atoms. The van der Waals surface area contributed by atoms with Crippen molar-refractivity contribution in [2.45, 2.75) is 118 Å². The van der Waals surface area contributed by atoms with E-state index in [9.17, 15) is 65.7 Å². The van der Waals surface area contributed by atoms with Gasteiger partial charge in [-0.2, -0.15) is 28.3 Å². The molecule has 0 radical (unpaired) electrons. The third-order valence-electron chi connectivity index (χ3n) is 13.5. The van der Waals surface area contributed by atoms with Gasteiger partial charge in [0, 0.05) is 82.2 Å². The van der Waals surface area contributed by atoms with Crippen LogP contribution >= 0.6 is 36.6 Å². The highest BCUT2D eigenvalue weighted by Crippen LogP contribution is 2.25. The summed E-state index contributed by atoms with van der Waals surface area (Å²) in [5, 5.41) is 27.6. The molecule has 604 valence electrons. The minimum atomic E-state index is -3.32. The summed E-state index contributed by atoms with van der Waals surface area (Å²) in [6, 6.07) is 37.4. The molecule has 0 unspecified atom stereocenters. The first-order valence-corrected chi connectivity index (χ1v) is 44.7. The highest BCUT2D eigenvalue weighted by molar-refractivity contribution is 7.98. The van der Waals surface area contributed by atoms with Gasteiger partial charge in [-0.05, 0) is 255 Å². The van der Waals surface area contributed by atoms with E-state index in [4.69, 9.17) is 51.1 Å². The van der Waals surface area contributed by atoms with Gasteiger partial charge in [-0.3, -0.25) is 14.7 Å². The second kappa shape index (κ2) is 46.3. The molecule has 27 nitrogen and oxygen atoms in total. The summed E-state index contributed by atoms with van der Waals surface area (Å²) in [7, 11) is -16.2. The Kier molecular flexibility index (Phi) is 41.1. The maximum Gasteiger partial charge on any atom is 0.384 e. The molecule has 0 aliphatic carbocycles. The number of thioether (sulfide) groups is 1. The van der Waals surface area contributed by atoms with Gasteiger partial charge in [0.25, 0.3) is 0 Å². The van der Waals surface area contributed by atoms with E-state index in [1.165, 1.54) is 78.3 Å². The highest BCUT2D eigenvalue weighted by atomic mass is 32.2. The lowest BCUT2D eigenvalue weighted by Crippen LogP contribution is -2.12. The van der Waals surface area contributed by atoms with E-state index in [1.807, 2.05) is 50.3 Å². The maximum atomic E-state index is 12.5. The smallest absolute Gasteiger partial charge is 0.384 e. The monoisotopic (exact) mass is 1700 g/mol. The van der Waals surface area contributed by atoms with Crippen LogP contribution in [0.2, 0.25) is 0 Å². The molecule has 0 fully saturated rings. The molecule has 7 N–H and O–H groups in total. The predicted octanol–water partition coefficient (Wildman–Crippen LogP) is 11.0. The quantitative estimate of drug-likeness (QED) is 0.0121. The average molecular weight is 1700 g/mol. The number of amides is 2. The summed E-state index contributed by atoms with van der Waals surface area (Å²) in [6.07, 6.45) is 19.3. The number of halogens is 1. The van der Waals surface area contributed by atoms with Gasteiger partial charge in [0.15, 0.2) is 60.8 Å². The van der Waals surface area contributed by atoms with Crippen molar-refractivity contribution >= 4 is 121 Å². The van der Waals surface area contributed by atoms with Crippen molar-refractivity contribution in [1.82, 2.24) is 29.9 Å². The number of H-pyrrole nitrogens is 1. The number of hydrogen-bond acceptors (Lipinski definition) is 25. The van der Waals surface area contributed by atoms with Crippen LogP contribution in [0.3, 0.4) is 0 Å². The number of nitrogens with one attached hydrogen (secondary N) is 1. The Labute approximate surface area is 676 Å². The Morgan fingerprint density at radius 1 is 0.540 bits per heavy atom. The molecule has 0 aliphatic heterocycles. The molecule has 9 rings (SSSR count). The number of carbonyl (C=O) groups excluding carboxylic acids is 4. The number of thiocarbonyl (C=S) groups is 1. The van der Waals surface area contributed by atoms with E-state index in [-0.39, 0.29) is 54.1 Å². The fourth-order valence-electron chi connectivity index (χ4n) is 8.71. The molecular weight excluding hydrogens is 1610 g/mol. The fraction of sp³-hybridized carbons (Fsp3) is 0.260. The highest BCUT2D eigenvalue weighted by Gasteiger charge is 2.16. The minimum Gasteiger partial charge on any atom is -0.460 e. The molecule has 2 aromatic heterocycles. The van der Waals surface area contributed by atoms with Crippen molar-refractivity contribution in [2.24, 2.45) is 17.2 Å². The number of aromatic amines is 1. The molecule has 0 saturated carbocycles. The number of esters is 2. The first-order chi connectivity index (χ1) is 52.2. The normalized spacial score (nSPS) is 10.7. The molecule has 0 aliphatic rings. The zero-order chi connectivity index (χ0) is 86.9. The van der Waals surface area contributed by atoms with Gasteiger partial charge in [-0.25, -0.2) is 70.7 Å². The Morgan fingerprint density at radius 3 is 1.31 bits per heavy atom. The van der Waals surface area contributed by atoms with Crippen LogP contribution in [0.5, 0.6) is 0 Å². The second-order valence-corrected chi connectivity index (χ2v) is 36.3. The van der Waals surface area contributed by atoms with E-state index < -0.39 is 67.0 Å². The Balaban J connectivity index is 0.000000656. The van der Waals surface area contributed by atoms with E-state index in [0.29, 0.717) is 49.9 Å². The Morgan fingerprint density at radius 2 is 0.920 bits per heavy atom. The van der Waals surface area contributed by atoms with Crippen LogP contribution in [-0.2, 0) is 68.2 Å². The van der Waals surface area contributed by atoms with Gasteiger partial charge >= 0.3 is 11.9 Å². The van der Waals surface area contributed by atoms with E-state index in [0.717, 1.165) is 68.9 Å². The fourth-order valence-corrected chi connectivity index (χ4v) is 13.1. The van der Waals surface area contributed by atoms with Crippen molar-refractivity contribution in [1.29, 1.82) is 10.5 Å². The predicted molar refractivity (Wildman–Crippen MR) is 444 cm³/mol. The van der Waals surface area contributed by atoms with Crippen LogP contribution in [-0.4, -0.2) is 157 Å². The number of aryl methyl sites for hydroxylation is 7. The number of sulfone groups is 5. The Bertz CT molecular complexity index is 5530. The van der Waals surface area contributed by atoms with Crippen molar-refractivity contribution in [3.63, 3.8) is 0 Å². The van der Waals surface area contributed by atoms with Crippen molar-refractivity contribution in [3.05, 3.63) is 219 Å². The van der Waals surface area contributed by atoms with Crippen LogP contribution in [0.1, 0.15) is 104 Å². The van der Waals surface area contributed by atoms with Gasteiger partial charge in [-0.1, -0.05) is 12.2 Å². The van der Waals surface area contributed by atoms with E-state index in [1.54, 1.807) is 153 Å².